The van der Waals surface area contributed by atoms with Gasteiger partial charge in [0.2, 0.25) is 0 Å². The zero-order chi connectivity index (χ0) is 15.0. The van der Waals surface area contributed by atoms with Crippen LogP contribution in [0, 0.1) is 0 Å². The van der Waals surface area contributed by atoms with Gasteiger partial charge >= 0.3 is 15.2 Å². The summed E-state index contributed by atoms with van der Waals surface area (Å²) in [5, 5.41) is -1.27. The van der Waals surface area contributed by atoms with Crippen molar-refractivity contribution >= 4 is 25.8 Å². The first-order valence-corrected chi connectivity index (χ1v) is 8.74. The van der Waals surface area contributed by atoms with Gasteiger partial charge in [-0.2, -0.15) is 0 Å². The maximum Gasteiger partial charge on any atom is 0.357 e. The number of rotatable bonds is 3. The predicted molar refractivity (Wildman–Crippen MR) is 75.2 cm³/mol. The molecular weight excluding hydrogens is 302 g/mol. The van der Waals surface area contributed by atoms with Crippen molar-refractivity contribution < 1.29 is 28.7 Å². The zero-order valence-corrected chi connectivity index (χ0v) is 11.9. The first-order chi connectivity index (χ1) is 9.21. The fourth-order valence-corrected chi connectivity index (χ4v) is 4.27. The summed E-state index contributed by atoms with van der Waals surface area (Å²) < 4.78 is 23.1. The molecule has 0 atom stereocenters. The smallest absolute Gasteiger partial charge is 0.321 e. The normalized spacial score (nSPS) is 12.4. The van der Waals surface area contributed by atoms with E-state index in [9.17, 15) is 28.7 Å². The lowest BCUT2D eigenvalue weighted by atomic mass is 10.1. The van der Waals surface area contributed by atoms with Crippen molar-refractivity contribution in [2.24, 2.45) is 0 Å². The largest absolute Gasteiger partial charge is 0.357 e. The van der Waals surface area contributed by atoms with Gasteiger partial charge in [0, 0.05) is 0 Å². The van der Waals surface area contributed by atoms with Gasteiger partial charge in [-0.25, -0.2) is 0 Å². The molecule has 0 fully saturated rings. The van der Waals surface area contributed by atoms with Crippen molar-refractivity contribution in [2.75, 3.05) is 0 Å². The number of hydrogen-bond acceptors (Lipinski definition) is 2. The van der Waals surface area contributed by atoms with Crippen LogP contribution in [0.2, 0.25) is 0 Å². The quantitative estimate of drug-likeness (QED) is 0.627. The Hall–Kier alpha value is -1.26. The molecule has 20 heavy (non-hydrogen) atoms. The highest BCUT2D eigenvalue weighted by molar-refractivity contribution is 7.67. The number of benzene rings is 2. The maximum absolute atomic E-state index is 11.6. The minimum Gasteiger partial charge on any atom is -0.321 e. The summed E-state index contributed by atoms with van der Waals surface area (Å²) >= 11 is 0. The van der Waals surface area contributed by atoms with E-state index in [-0.39, 0.29) is 5.56 Å². The van der Waals surface area contributed by atoms with Crippen LogP contribution >= 0.6 is 15.2 Å². The van der Waals surface area contributed by atoms with E-state index in [4.69, 9.17) is 0 Å². The third kappa shape index (κ3) is 3.07. The number of hydrogen-bond donors (Lipinski definition) is 4. The maximum atomic E-state index is 11.6. The van der Waals surface area contributed by atoms with Crippen LogP contribution in [0.15, 0.2) is 48.5 Å². The summed E-state index contributed by atoms with van der Waals surface area (Å²) in [7, 11) is -9.64. The Bertz CT molecular complexity index is 716. The van der Waals surface area contributed by atoms with E-state index in [2.05, 4.69) is 0 Å². The van der Waals surface area contributed by atoms with Crippen molar-refractivity contribution in [1.29, 1.82) is 0 Å². The highest BCUT2D eigenvalue weighted by Crippen LogP contribution is 2.43. The van der Waals surface area contributed by atoms with Gasteiger partial charge in [0.1, 0.15) is 0 Å². The standard InChI is InChI=1S/C12H12O6P2/c13-19(14,15)11-8-4-7-10(12(11)20(16,17)18)9-5-2-1-3-6-9/h1-8H,(H2,13,14,15)(H2,16,17,18). The third-order valence-corrected chi connectivity index (χ3v) is 4.95. The molecule has 2 aromatic rings. The van der Waals surface area contributed by atoms with Gasteiger partial charge in [0.15, 0.2) is 0 Å². The molecule has 0 unspecified atom stereocenters. The van der Waals surface area contributed by atoms with Gasteiger partial charge in [0.05, 0.1) is 10.6 Å². The minimum absolute atomic E-state index is 0.111. The van der Waals surface area contributed by atoms with E-state index in [1.807, 2.05) is 0 Å². The van der Waals surface area contributed by atoms with Crippen molar-refractivity contribution in [3.05, 3.63) is 48.5 Å². The first-order valence-electron chi connectivity index (χ1n) is 5.52. The predicted octanol–water partition coefficient (Wildman–Crippen LogP) is 0.960. The van der Waals surface area contributed by atoms with Crippen molar-refractivity contribution in [1.82, 2.24) is 0 Å². The fraction of sp³-hybridized carbons (Fsp3) is 0. The molecular formula is C12H12O6P2. The fourth-order valence-electron chi connectivity index (χ4n) is 1.92. The Balaban J connectivity index is 2.84. The van der Waals surface area contributed by atoms with E-state index >= 15 is 0 Å². The van der Waals surface area contributed by atoms with Crippen LogP contribution in [0.25, 0.3) is 11.1 Å². The summed E-state index contributed by atoms with van der Waals surface area (Å²) in [5.41, 5.74) is 0.584. The molecule has 2 rings (SSSR count). The monoisotopic (exact) mass is 314 g/mol. The first kappa shape index (κ1) is 15.1. The molecule has 8 heteroatoms. The second-order valence-corrected chi connectivity index (χ2v) is 7.23. The molecule has 0 aromatic heterocycles. The highest BCUT2D eigenvalue weighted by atomic mass is 31.2. The van der Waals surface area contributed by atoms with E-state index in [0.717, 1.165) is 6.07 Å². The minimum atomic E-state index is -4.85. The summed E-state index contributed by atoms with van der Waals surface area (Å²) in [6, 6.07) is 12.1. The summed E-state index contributed by atoms with van der Waals surface area (Å²) in [5.74, 6) is 0. The zero-order valence-electron chi connectivity index (χ0n) is 10.1. The SMILES string of the molecule is O=P(O)(O)c1cccc(-c2ccccc2)c1P(=O)(O)O. The average molecular weight is 314 g/mol. The van der Waals surface area contributed by atoms with Gasteiger partial charge in [0.25, 0.3) is 0 Å². The Morgan fingerprint density at radius 2 is 1.30 bits per heavy atom. The second-order valence-electron chi connectivity index (χ2n) is 4.13. The molecule has 0 aliphatic heterocycles. The topological polar surface area (TPSA) is 115 Å². The lowest BCUT2D eigenvalue weighted by Gasteiger charge is -2.16. The molecule has 0 saturated carbocycles. The van der Waals surface area contributed by atoms with E-state index < -0.39 is 25.8 Å². The van der Waals surface area contributed by atoms with Gasteiger partial charge in [-0.15, -0.1) is 0 Å². The van der Waals surface area contributed by atoms with Crippen molar-refractivity contribution in [3.8, 4) is 11.1 Å². The molecule has 0 heterocycles. The lowest BCUT2D eigenvalue weighted by molar-refractivity contribution is 0.381. The van der Waals surface area contributed by atoms with Gasteiger partial charge in [-0.3, -0.25) is 9.13 Å². The molecule has 0 bridgehead atoms. The molecule has 0 saturated heterocycles. The van der Waals surface area contributed by atoms with E-state index in [1.165, 1.54) is 12.1 Å². The molecule has 2 aromatic carbocycles. The second kappa shape index (κ2) is 5.26. The van der Waals surface area contributed by atoms with Crippen LogP contribution in [-0.4, -0.2) is 19.6 Å². The Morgan fingerprint density at radius 3 is 1.80 bits per heavy atom. The summed E-state index contributed by atoms with van der Waals surface area (Å²) in [6.07, 6.45) is 0. The summed E-state index contributed by atoms with van der Waals surface area (Å²) in [6.45, 7) is 0. The molecule has 6 nitrogen and oxygen atoms in total. The van der Waals surface area contributed by atoms with Crippen LogP contribution in [0.5, 0.6) is 0 Å². The van der Waals surface area contributed by atoms with Crippen LogP contribution in [-0.2, 0) is 9.13 Å². The molecule has 0 aliphatic carbocycles. The molecule has 0 radical (unpaired) electrons. The third-order valence-electron chi connectivity index (χ3n) is 2.70. The van der Waals surface area contributed by atoms with E-state index in [0.29, 0.717) is 5.56 Å². The van der Waals surface area contributed by atoms with Crippen LogP contribution in [0.4, 0.5) is 0 Å². The molecule has 0 aliphatic rings. The Labute approximate surface area is 115 Å². The van der Waals surface area contributed by atoms with E-state index in [1.54, 1.807) is 30.3 Å². The van der Waals surface area contributed by atoms with Crippen molar-refractivity contribution in [2.45, 2.75) is 0 Å². The van der Waals surface area contributed by atoms with Crippen molar-refractivity contribution in [3.63, 3.8) is 0 Å². The van der Waals surface area contributed by atoms with Gasteiger partial charge in [-0.1, -0.05) is 42.5 Å². The van der Waals surface area contributed by atoms with Gasteiger partial charge in [-0.05, 0) is 17.2 Å². The molecule has 0 amide bonds. The Kier molecular flexibility index (Phi) is 3.98. The summed E-state index contributed by atoms with van der Waals surface area (Å²) in [4.78, 5) is 37.4. The van der Waals surface area contributed by atoms with Crippen LogP contribution < -0.4 is 10.6 Å². The molecule has 4 N–H and O–H groups in total. The highest BCUT2D eigenvalue weighted by Gasteiger charge is 2.33. The van der Waals surface area contributed by atoms with Crippen LogP contribution in [0.3, 0.4) is 0 Å². The van der Waals surface area contributed by atoms with Crippen LogP contribution in [0.1, 0.15) is 0 Å². The lowest BCUT2D eigenvalue weighted by Crippen LogP contribution is -2.27. The Morgan fingerprint density at radius 1 is 0.700 bits per heavy atom. The average Bonchev–Trinajstić information content (AvgIpc) is 2.37. The van der Waals surface area contributed by atoms with Gasteiger partial charge < -0.3 is 19.6 Å². The molecule has 0 spiro atoms. The molecule has 106 valence electrons.